The summed E-state index contributed by atoms with van der Waals surface area (Å²) in [4.78, 5) is 42.4. The Kier molecular flexibility index (Phi) is 4.85. The van der Waals surface area contributed by atoms with Crippen molar-refractivity contribution in [3.63, 3.8) is 0 Å². The molecule has 0 radical (unpaired) electrons. The standard InChI is InChI=1S/C20H24FN3O3/c21-16-3-1-14(2-4-16)7-8-22-12-15(11-19(22)26)20(27)23-9-10-24-17(13-23)5-6-18(24)25/h1-4,15,17H,5-13H2. The Balaban J connectivity index is 1.31. The summed E-state index contributed by atoms with van der Waals surface area (Å²) in [5, 5.41) is 0. The fourth-order valence-corrected chi connectivity index (χ4v) is 4.39. The highest BCUT2D eigenvalue weighted by molar-refractivity contribution is 5.89. The average Bonchev–Trinajstić information content (AvgIpc) is 3.23. The van der Waals surface area contributed by atoms with Gasteiger partial charge in [-0.05, 0) is 30.5 Å². The van der Waals surface area contributed by atoms with E-state index in [4.69, 9.17) is 0 Å². The lowest BCUT2D eigenvalue weighted by Gasteiger charge is -2.38. The van der Waals surface area contributed by atoms with E-state index in [1.807, 2.05) is 9.80 Å². The third-order valence-electron chi connectivity index (χ3n) is 5.95. The van der Waals surface area contributed by atoms with Gasteiger partial charge in [0, 0.05) is 51.6 Å². The molecule has 0 saturated carbocycles. The maximum atomic E-state index is 13.0. The van der Waals surface area contributed by atoms with Gasteiger partial charge >= 0.3 is 0 Å². The van der Waals surface area contributed by atoms with E-state index in [1.165, 1.54) is 12.1 Å². The molecule has 0 spiro atoms. The van der Waals surface area contributed by atoms with E-state index in [0.717, 1.165) is 12.0 Å². The van der Waals surface area contributed by atoms with E-state index in [9.17, 15) is 18.8 Å². The normalized spacial score (nSPS) is 25.3. The fourth-order valence-electron chi connectivity index (χ4n) is 4.39. The molecule has 3 aliphatic rings. The fraction of sp³-hybridized carbons (Fsp3) is 0.550. The topological polar surface area (TPSA) is 60.9 Å². The summed E-state index contributed by atoms with van der Waals surface area (Å²) in [5.74, 6) is -0.341. The first-order valence-electron chi connectivity index (χ1n) is 9.62. The molecular weight excluding hydrogens is 349 g/mol. The Labute approximate surface area is 157 Å². The summed E-state index contributed by atoms with van der Waals surface area (Å²) in [6.45, 7) is 2.73. The van der Waals surface area contributed by atoms with Gasteiger partial charge in [-0.3, -0.25) is 14.4 Å². The number of likely N-dealkylation sites (tertiary alicyclic amines) is 1. The van der Waals surface area contributed by atoms with Gasteiger partial charge in [-0.1, -0.05) is 12.1 Å². The zero-order valence-electron chi connectivity index (χ0n) is 15.3. The van der Waals surface area contributed by atoms with Crippen LogP contribution >= 0.6 is 0 Å². The molecule has 1 aromatic rings. The van der Waals surface area contributed by atoms with Crippen molar-refractivity contribution >= 4 is 17.7 Å². The smallest absolute Gasteiger partial charge is 0.228 e. The van der Waals surface area contributed by atoms with E-state index in [2.05, 4.69) is 0 Å². The zero-order valence-corrected chi connectivity index (χ0v) is 15.3. The van der Waals surface area contributed by atoms with E-state index in [1.54, 1.807) is 17.0 Å². The molecular formula is C20H24FN3O3. The van der Waals surface area contributed by atoms with Crippen molar-refractivity contribution in [2.75, 3.05) is 32.7 Å². The largest absolute Gasteiger partial charge is 0.342 e. The first-order valence-corrected chi connectivity index (χ1v) is 9.62. The lowest BCUT2D eigenvalue weighted by Crippen LogP contribution is -2.54. The number of fused-ring (bicyclic) bond motifs is 1. The number of carbonyl (C=O) groups excluding carboxylic acids is 3. The van der Waals surface area contributed by atoms with Crippen molar-refractivity contribution in [1.82, 2.24) is 14.7 Å². The quantitative estimate of drug-likeness (QED) is 0.793. The number of piperazine rings is 1. The Morgan fingerprint density at radius 1 is 1.07 bits per heavy atom. The number of amides is 3. The number of halogens is 1. The molecule has 7 heteroatoms. The van der Waals surface area contributed by atoms with Gasteiger partial charge in [0.1, 0.15) is 5.82 Å². The van der Waals surface area contributed by atoms with Gasteiger partial charge in [-0.25, -0.2) is 4.39 Å². The molecule has 0 aliphatic carbocycles. The summed E-state index contributed by atoms with van der Waals surface area (Å²) < 4.78 is 13.0. The van der Waals surface area contributed by atoms with E-state index in [-0.39, 0.29) is 41.9 Å². The number of benzene rings is 1. The number of hydrogen-bond donors (Lipinski definition) is 0. The van der Waals surface area contributed by atoms with Crippen LogP contribution in [-0.2, 0) is 20.8 Å². The second kappa shape index (κ2) is 7.29. The third-order valence-corrected chi connectivity index (χ3v) is 5.95. The Bertz CT molecular complexity index is 751. The maximum absolute atomic E-state index is 13.0. The highest BCUT2D eigenvalue weighted by Gasteiger charge is 2.41. The maximum Gasteiger partial charge on any atom is 0.228 e. The second-order valence-electron chi connectivity index (χ2n) is 7.68. The molecule has 0 N–H and O–H groups in total. The molecule has 3 amide bonds. The molecule has 3 fully saturated rings. The second-order valence-corrected chi connectivity index (χ2v) is 7.68. The van der Waals surface area contributed by atoms with Crippen LogP contribution in [0.15, 0.2) is 24.3 Å². The van der Waals surface area contributed by atoms with Gasteiger partial charge in [0.15, 0.2) is 0 Å². The van der Waals surface area contributed by atoms with Gasteiger partial charge in [0.05, 0.1) is 5.92 Å². The van der Waals surface area contributed by atoms with Crippen molar-refractivity contribution in [3.8, 4) is 0 Å². The van der Waals surface area contributed by atoms with Crippen molar-refractivity contribution in [2.24, 2.45) is 5.92 Å². The first kappa shape index (κ1) is 17.9. The lowest BCUT2D eigenvalue weighted by molar-refractivity contribution is -0.141. The van der Waals surface area contributed by atoms with Crippen molar-refractivity contribution in [2.45, 2.75) is 31.7 Å². The number of nitrogens with zero attached hydrogens (tertiary/aromatic N) is 3. The predicted molar refractivity (Wildman–Crippen MR) is 96.1 cm³/mol. The van der Waals surface area contributed by atoms with Gasteiger partial charge < -0.3 is 14.7 Å². The molecule has 6 nitrogen and oxygen atoms in total. The molecule has 2 unspecified atom stereocenters. The van der Waals surface area contributed by atoms with Gasteiger partial charge in [-0.15, -0.1) is 0 Å². The Morgan fingerprint density at radius 3 is 2.63 bits per heavy atom. The molecule has 2 atom stereocenters. The molecule has 3 heterocycles. The summed E-state index contributed by atoms with van der Waals surface area (Å²) in [7, 11) is 0. The van der Waals surface area contributed by atoms with Crippen molar-refractivity contribution in [1.29, 1.82) is 0 Å². The first-order chi connectivity index (χ1) is 13.0. The summed E-state index contributed by atoms with van der Waals surface area (Å²) in [6.07, 6.45) is 2.30. The van der Waals surface area contributed by atoms with Crippen LogP contribution in [0.25, 0.3) is 0 Å². The minimum absolute atomic E-state index is 0.00476. The molecule has 1 aromatic carbocycles. The minimum Gasteiger partial charge on any atom is -0.342 e. The average molecular weight is 373 g/mol. The molecule has 0 aromatic heterocycles. The van der Waals surface area contributed by atoms with Crippen molar-refractivity contribution < 1.29 is 18.8 Å². The molecule has 4 rings (SSSR count). The van der Waals surface area contributed by atoms with Gasteiger partial charge in [0.2, 0.25) is 17.7 Å². The number of rotatable bonds is 4. The van der Waals surface area contributed by atoms with E-state index in [0.29, 0.717) is 45.6 Å². The molecule has 3 saturated heterocycles. The van der Waals surface area contributed by atoms with Crippen LogP contribution in [0.2, 0.25) is 0 Å². The van der Waals surface area contributed by atoms with Crippen molar-refractivity contribution in [3.05, 3.63) is 35.6 Å². The van der Waals surface area contributed by atoms with Crippen LogP contribution in [0.1, 0.15) is 24.8 Å². The van der Waals surface area contributed by atoms with Gasteiger partial charge in [-0.2, -0.15) is 0 Å². The van der Waals surface area contributed by atoms with E-state index >= 15 is 0 Å². The summed E-state index contributed by atoms with van der Waals surface area (Å²) >= 11 is 0. The van der Waals surface area contributed by atoms with Gasteiger partial charge in [0.25, 0.3) is 0 Å². The summed E-state index contributed by atoms with van der Waals surface area (Å²) in [6, 6.07) is 6.42. The van der Waals surface area contributed by atoms with Crippen LogP contribution in [0, 0.1) is 11.7 Å². The van der Waals surface area contributed by atoms with Crippen LogP contribution in [0.3, 0.4) is 0 Å². The highest BCUT2D eigenvalue weighted by atomic mass is 19.1. The number of hydrogen-bond acceptors (Lipinski definition) is 3. The monoisotopic (exact) mass is 373 g/mol. The van der Waals surface area contributed by atoms with Crippen LogP contribution in [0.4, 0.5) is 4.39 Å². The Hall–Kier alpha value is -2.44. The zero-order chi connectivity index (χ0) is 19.0. The molecule has 144 valence electrons. The highest BCUT2D eigenvalue weighted by Crippen LogP contribution is 2.26. The summed E-state index contributed by atoms with van der Waals surface area (Å²) in [5.41, 5.74) is 0.973. The van der Waals surface area contributed by atoms with Crippen LogP contribution in [0.5, 0.6) is 0 Å². The molecule has 27 heavy (non-hydrogen) atoms. The Morgan fingerprint density at radius 2 is 1.85 bits per heavy atom. The SMILES string of the molecule is O=C1CC(C(=O)N2CCN3C(=O)CCC3C2)CN1CCc1ccc(F)cc1. The van der Waals surface area contributed by atoms with Crippen LogP contribution < -0.4 is 0 Å². The minimum atomic E-state index is -0.297. The number of carbonyl (C=O) groups is 3. The third kappa shape index (κ3) is 3.68. The molecule has 3 aliphatic heterocycles. The van der Waals surface area contributed by atoms with E-state index < -0.39 is 0 Å². The molecule has 0 bridgehead atoms. The van der Waals surface area contributed by atoms with Crippen LogP contribution in [-0.4, -0.2) is 71.2 Å². The lowest BCUT2D eigenvalue weighted by atomic mass is 10.1. The predicted octanol–water partition coefficient (Wildman–Crippen LogP) is 1.05.